The van der Waals surface area contributed by atoms with Crippen LogP contribution in [0.1, 0.15) is 34.1 Å². The molecule has 0 saturated heterocycles. The summed E-state index contributed by atoms with van der Waals surface area (Å²) in [6.45, 7) is 8.20. The van der Waals surface area contributed by atoms with Crippen LogP contribution in [0.25, 0.3) is 0 Å². The van der Waals surface area contributed by atoms with Crippen LogP contribution in [0.15, 0.2) is 0 Å². The molecule has 1 radical (unpaired) electrons. The molecule has 49 valence electrons. The summed E-state index contributed by atoms with van der Waals surface area (Å²) in [4.78, 5) is 0. The van der Waals surface area contributed by atoms with Crippen LogP contribution < -0.4 is 5.73 Å². The summed E-state index contributed by atoms with van der Waals surface area (Å²) >= 11 is 0. The smallest absolute Gasteiger partial charge is 0.0270 e. The van der Waals surface area contributed by atoms with Crippen LogP contribution in [-0.4, -0.2) is 5.54 Å². The van der Waals surface area contributed by atoms with E-state index < -0.39 is 0 Å². The van der Waals surface area contributed by atoms with E-state index in [1.165, 1.54) is 0 Å². The predicted octanol–water partition coefficient (Wildman–Crippen LogP) is 2.09. The van der Waals surface area contributed by atoms with Crippen molar-refractivity contribution in [1.29, 1.82) is 0 Å². The second kappa shape index (κ2) is 2.49. The summed E-state index contributed by atoms with van der Waals surface area (Å²) < 4.78 is 0. The molecule has 0 atom stereocenters. The Labute approximate surface area is 52.3 Å². The first-order chi connectivity index (χ1) is 3.42. The summed E-state index contributed by atoms with van der Waals surface area (Å²) in [5.41, 5.74) is 7.23. The van der Waals surface area contributed by atoms with Crippen molar-refractivity contribution in [2.24, 2.45) is 5.92 Å². The molecule has 0 aliphatic rings. The van der Waals surface area contributed by atoms with Crippen LogP contribution in [0.2, 0.25) is 0 Å². The summed E-state index contributed by atoms with van der Waals surface area (Å²) in [5, 5.41) is 0. The fourth-order valence-corrected chi connectivity index (χ4v) is 1.02. The molecule has 1 heteroatoms. The van der Waals surface area contributed by atoms with E-state index >= 15 is 0 Å². The van der Waals surface area contributed by atoms with Gasteiger partial charge in [0.1, 0.15) is 0 Å². The van der Waals surface area contributed by atoms with Gasteiger partial charge >= 0.3 is 0 Å². The number of rotatable bonds is 2. The molecule has 1 nitrogen and oxygen atoms in total. The molecule has 0 rings (SSSR count). The maximum Gasteiger partial charge on any atom is 0.0270 e. The van der Waals surface area contributed by atoms with Gasteiger partial charge in [-0.2, -0.15) is 0 Å². The summed E-state index contributed by atoms with van der Waals surface area (Å²) in [6, 6.07) is 0. The topological polar surface area (TPSA) is 23.8 Å². The molecule has 1 N–H and O–H groups in total. The van der Waals surface area contributed by atoms with Crippen LogP contribution in [0.5, 0.6) is 0 Å². The lowest BCUT2D eigenvalue weighted by atomic mass is 9.94. The maximum absolute atomic E-state index is 7.46. The summed E-state index contributed by atoms with van der Waals surface area (Å²) in [6.07, 6.45) is 0.993. The largest absolute Gasteiger partial charge is 0.252 e. The highest BCUT2D eigenvalue weighted by molar-refractivity contribution is 4.71. The number of hydrogen-bond acceptors (Lipinski definition) is 0. The molecule has 0 fully saturated rings. The number of nitrogens with one attached hydrogen (secondary N) is 1. The molecule has 0 aliphatic carbocycles. The van der Waals surface area contributed by atoms with Crippen molar-refractivity contribution < 1.29 is 0 Å². The molecule has 0 aromatic heterocycles. The standard InChI is InChI=1S/C7H16N/c1-6(2)5-7(3,4)8/h6,8H,5H2,1-4H3. The van der Waals surface area contributed by atoms with Gasteiger partial charge < -0.3 is 0 Å². The van der Waals surface area contributed by atoms with Crippen LogP contribution >= 0.6 is 0 Å². The molecule has 0 amide bonds. The zero-order valence-electron chi connectivity index (χ0n) is 6.28. The van der Waals surface area contributed by atoms with Gasteiger partial charge in [0, 0.05) is 5.54 Å². The van der Waals surface area contributed by atoms with E-state index in [0.717, 1.165) is 6.42 Å². The first kappa shape index (κ1) is 7.96. The number of hydrogen-bond donors (Lipinski definition) is 0. The van der Waals surface area contributed by atoms with Gasteiger partial charge in [0.15, 0.2) is 0 Å². The monoisotopic (exact) mass is 114 g/mol. The van der Waals surface area contributed by atoms with Gasteiger partial charge in [-0.25, -0.2) is 0 Å². The minimum absolute atomic E-state index is 0.228. The third kappa shape index (κ3) is 5.96. The Morgan fingerprint density at radius 3 is 1.75 bits per heavy atom. The van der Waals surface area contributed by atoms with Gasteiger partial charge in [-0.15, -0.1) is 0 Å². The van der Waals surface area contributed by atoms with Crippen molar-refractivity contribution in [1.82, 2.24) is 5.73 Å². The molecular weight excluding hydrogens is 98.1 g/mol. The Balaban J connectivity index is 3.39. The Bertz CT molecular complexity index is 59.3. The highest BCUT2D eigenvalue weighted by Gasteiger charge is 2.12. The third-order valence-electron chi connectivity index (χ3n) is 0.919. The molecule has 0 aliphatic heterocycles. The lowest BCUT2D eigenvalue weighted by Crippen LogP contribution is -2.23. The Morgan fingerprint density at radius 2 is 1.75 bits per heavy atom. The van der Waals surface area contributed by atoms with Gasteiger partial charge in [-0.05, 0) is 26.2 Å². The van der Waals surface area contributed by atoms with Crippen molar-refractivity contribution in [2.75, 3.05) is 0 Å². The van der Waals surface area contributed by atoms with Crippen molar-refractivity contribution in [2.45, 2.75) is 39.7 Å². The minimum atomic E-state index is -0.228. The van der Waals surface area contributed by atoms with Gasteiger partial charge in [-0.3, -0.25) is 5.73 Å². The Hall–Kier alpha value is -0.0400. The van der Waals surface area contributed by atoms with Gasteiger partial charge in [0.2, 0.25) is 0 Å². The highest BCUT2D eigenvalue weighted by atomic mass is 14.7. The van der Waals surface area contributed by atoms with E-state index in [-0.39, 0.29) is 5.54 Å². The zero-order chi connectivity index (χ0) is 6.78. The lowest BCUT2D eigenvalue weighted by Gasteiger charge is -2.18. The molecule has 0 unspecified atom stereocenters. The Kier molecular flexibility index (Phi) is 2.48. The van der Waals surface area contributed by atoms with E-state index in [1.54, 1.807) is 0 Å². The van der Waals surface area contributed by atoms with Crippen LogP contribution in [0, 0.1) is 5.92 Å². The third-order valence-corrected chi connectivity index (χ3v) is 0.919. The first-order valence-corrected chi connectivity index (χ1v) is 3.17. The molecule has 0 saturated carbocycles. The zero-order valence-corrected chi connectivity index (χ0v) is 6.28. The van der Waals surface area contributed by atoms with Crippen LogP contribution in [-0.2, 0) is 0 Å². The van der Waals surface area contributed by atoms with Gasteiger partial charge in [-0.1, -0.05) is 13.8 Å². The van der Waals surface area contributed by atoms with Crippen LogP contribution in [0.4, 0.5) is 0 Å². The quantitative estimate of drug-likeness (QED) is 0.525. The van der Waals surface area contributed by atoms with Crippen molar-refractivity contribution in [3.63, 3.8) is 0 Å². The summed E-state index contributed by atoms with van der Waals surface area (Å²) in [5.74, 6) is 0.655. The molecular formula is C7H16N. The highest BCUT2D eigenvalue weighted by Crippen LogP contribution is 2.12. The minimum Gasteiger partial charge on any atom is -0.252 e. The van der Waals surface area contributed by atoms with Crippen molar-refractivity contribution in [3.05, 3.63) is 0 Å². The normalized spacial score (nSPS) is 12.8. The molecule has 0 heterocycles. The first-order valence-electron chi connectivity index (χ1n) is 3.17. The summed E-state index contributed by atoms with van der Waals surface area (Å²) in [7, 11) is 0. The molecule has 0 bridgehead atoms. The molecule has 8 heavy (non-hydrogen) atoms. The van der Waals surface area contributed by atoms with E-state index in [2.05, 4.69) is 13.8 Å². The predicted molar refractivity (Wildman–Crippen MR) is 36.6 cm³/mol. The van der Waals surface area contributed by atoms with Gasteiger partial charge in [0.25, 0.3) is 0 Å². The molecule has 0 aromatic carbocycles. The van der Waals surface area contributed by atoms with E-state index in [1.807, 2.05) is 13.8 Å². The molecule has 0 aromatic rings. The fourth-order valence-electron chi connectivity index (χ4n) is 1.02. The molecule has 0 spiro atoms. The maximum atomic E-state index is 7.46. The van der Waals surface area contributed by atoms with E-state index in [4.69, 9.17) is 5.73 Å². The lowest BCUT2D eigenvalue weighted by molar-refractivity contribution is 0.388. The second-order valence-corrected chi connectivity index (χ2v) is 3.48. The van der Waals surface area contributed by atoms with E-state index in [0.29, 0.717) is 5.92 Å². The van der Waals surface area contributed by atoms with Crippen molar-refractivity contribution in [3.8, 4) is 0 Å². The second-order valence-electron chi connectivity index (χ2n) is 3.48. The fraction of sp³-hybridized carbons (Fsp3) is 1.00. The van der Waals surface area contributed by atoms with Crippen LogP contribution in [0.3, 0.4) is 0 Å². The average molecular weight is 114 g/mol. The van der Waals surface area contributed by atoms with E-state index in [9.17, 15) is 0 Å². The Morgan fingerprint density at radius 1 is 1.38 bits per heavy atom. The van der Waals surface area contributed by atoms with Crippen molar-refractivity contribution >= 4 is 0 Å². The average Bonchev–Trinajstić information content (AvgIpc) is 1.21. The van der Waals surface area contributed by atoms with Gasteiger partial charge in [0.05, 0.1) is 0 Å². The SMILES string of the molecule is CC(C)CC(C)(C)[NH].